The Kier molecular flexibility index (Phi) is 12.0. The predicted octanol–water partition coefficient (Wildman–Crippen LogP) is 10.2. The summed E-state index contributed by atoms with van der Waals surface area (Å²) in [5.74, 6) is 1.26. The maximum Gasteiger partial charge on any atom is 0.127 e. The van der Waals surface area contributed by atoms with Crippen LogP contribution in [0, 0.1) is 22.7 Å². The van der Waals surface area contributed by atoms with Crippen LogP contribution in [0.1, 0.15) is 66.3 Å². The molecule has 0 fully saturated rings. The number of benzene rings is 1. The summed E-state index contributed by atoms with van der Waals surface area (Å²) in [6, 6.07) is 16.1. The molecule has 2 heterocycles. The van der Waals surface area contributed by atoms with Crippen LogP contribution >= 0.6 is 54.5 Å². The first-order valence-electron chi connectivity index (χ1n) is 12.1. The summed E-state index contributed by atoms with van der Waals surface area (Å²) in [5, 5.41) is 19.7. The Balaban J connectivity index is 1.98. The average molecular weight is 660 g/mol. The van der Waals surface area contributed by atoms with Crippen molar-refractivity contribution >= 4 is 77.8 Å². The smallest absolute Gasteiger partial charge is 0.127 e. The summed E-state index contributed by atoms with van der Waals surface area (Å²) in [6.07, 6.45) is 10.7. The monoisotopic (exact) mass is 658 g/mol. The Morgan fingerprint density at radius 1 is 0.811 bits per heavy atom. The molecule has 0 aliphatic heterocycles. The van der Waals surface area contributed by atoms with Gasteiger partial charge in [0.1, 0.15) is 23.6 Å². The highest BCUT2D eigenvalue weighted by Crippen LogP contribution is 2.37. The zero-order valence-corrected chi connectivity index (χ0v) is 25.7. The van der Waals surface area contributed by atoms with Crippen molar-refractivity contribution in [2.75, 3.05) is 13.7 Å². The number of methoxy groups -OCH3 is 1. The molecule has 0 aliphatic carbocycles. The van der Waals surface area contributed by atoms with E-state index in [-0.39, 0.29) is 0 Å². The van der Waals surface area contributed by atoms with Gasteiger partial charge in [-0.15, -0.1) is 22.7 Å². The van der Waals surface area contributed by atoms with Gasteiger partial charge in [-0.2, -0.15) is 10.5 Å². The maximum absolute atomic E-state index is 9.87. The van der Waals surface area contributed by atoms with E-state index in [1.54, 1.807) is 7.11 Å². The molecule has 3 rings (SSSR count). The summed E-state index contributed by atoms with van der Waals surface area (Å²) >= 11 is 9.96. The summed E-state index contributed by atoms with van der Waals surface area (Å²) in [6.45, 7) is 2.80. The second-order valence-corrected chi connectivity index (χ2v) is 13.2. The molecule has 0 radical (unpaired) electrons. The summed E-state index contributed by atoms with van der Waals surface area (Å²) in [5.41, 5.74) is 2.60. The average Bonchev–Trinajstić information content (AvgIpc) is 3.53. The minimum Gasteiger partial charge on any atom is -0.496 e. The molecule has 0 bridgehead atoms. The Morgan fingerprint density at radius 3 is 1.81 bits per heavy atom. The predicted molar refractivity (Wildman–Crippen MR) is 163 cm³/mol. The van der Waals surface area contributed by atoms with E-state index in [1.165, 1.54) is 48.4 Å². The number of halogens is 2. The standard InChI is InChI=1S/C29H28Br2N2O2S2/c1-3-4-5-6-7-8-13-35-25-17-20(14-22(18-32)26-9-11-28(30)36-26)24(34-2)16-21(25)15-23(19-33)27-10-12-29(31)37-27/h9-12,14-17H,3-8,13H2,1-2H3/b22-14+,23-15-. The fourth-order valence-corrected chi connectivity index (χ4v) is 6.43. The van der Waals surface area contributed by atoms with Crippen LogP contribution in [0.2, 0.25) is 0 Å². The molecule has 0 N–H and O–H groups in total. The molecule has 0 amide bonds. The molecule has 0 atom stereocenters. The second-order valence-electron chi connectivity index (χ2n) is 8.30. The molecule has 0 saturated carbocycles. The SMILES string of the molecule is CCCCCCCCOc1cc(/C=C(\C#N)c2ccc(Br)s2)c(OC)cc1/C=C(/C#N)c1ccc(Br)s1. The lowest BCUT2D eigenvalue weighted by Crippen LogP contribution is -2.01. The van der Waals surface area contributed by atoms with Gasteiger partial charge in [0.05, 0.1) is 32.4 Å². The maximum atomic E-state index is 9.87. The van der Waals surface area contributed by atoms with Gasteiger partial charge < -0.3 is 9.47 Å². The lowest BCUT2D eigenvalue weighted by Gasteiger charge is -2.14. The van der Waals surface area contributed by atoms with Crippen LogP contribution in [0.15, 0.2) is 44.0 Å². The molecule has 8 heteroatoms. The van der Waals surface area contributed by atoms with Crippen molar-refractivity contribution in [2.45, 2.75) is 45.4 Å². The van der Waals surface area contributed by atoms with E-state index in [9.17, 15) is 10.5 Å². The van der Waals surface area contributed by atoms with Crippen LogP contribution in [0.5, 0.6) is 11.5 Å². The number of nitrogens with zero attached hydrogens (tertiary/aromatic N) is 2. The number of rotatable bonds is 13. The van der Waals surface area contributed by atoms with E-state index >= 15 is 0 Å². The van der Waals surface area contributed by atoms with E-state index < -0.39 is 0 Å². The van der Waals surface area contributed by atoms with Gasteiger partial charge in [-0.25, -0.2) is 0 Å². The van der Waals surface area contributed by atoms with Gasteiger partial charge in [0, 0.05) is 20.9 Å². The van der Waals surface area contributed by atoms with E-state index in [0.717, 1.165) is 41.3 Å². The van der Waals surface area contributed by atoms with Crippen LogP contribution in [-0.2, 0) is 0 Å². The third-order valence-electron chi connectivity index (χ3n) is 5.64. The van der Waals surface area contributed by atoms with Crippen LogP contribution in [0.25, 0.3) is 23.3 Å². The van der Waals surface area contributed by atoms with Crippen molar-refractivity contribution in [2.24, 2.45) is 0 Å². The van der Waals surface area contributed by atoms with Gasteiger partial charge in [0.2, 0.25) is 0 Å². The lowest BCUT2D eigenvalue weighted by molar-refractivity contribution is 0.303. The molecule has 37 heavy (non-hydrogen) atoms. The van der Waals surface area contributed by atoms with Gasteiger partial charge in [-0.3, -0.25) is 0 Å². The largest absolute Gasteiger partial charge is 0.496 e. The van der Waals surface area contributed by atoms with Gasteiger partial charge in [0.15, 0.2) is 0 Å². The second kappa shape index (κ2) is 15.1. The van der Waals surface area contributed by atoms with Crippen LogP contribution < -0.4 is 9.47 Å². The zero-order chi connectivity index (χ0) is 26.6. The molecule has 0 aliphatic rings. The van der Waals surface area contributed by atoms with Crippen LogP contribution in [0.4, 0.5) is 0 Å². The first-order valence-corrected chi connectivity index (χ1v) is 15.3. The van der Waals surface area contributed by atoms with Crippen molar-refractivity contribution in [1.29, 1.82) is 10.5 Å². The molecule has 3 aromatic rings. The van der Waals surface area contributed by atoms with Crippen molar-refractivity contribution in [3.8, 4) is 23.6 Å². The normalized spacial score (nSPS) is 11.7. The highest BCUT2D eigenvalue weighted by Gasteiger charge is 2.14. The van der Waals surface area contributed by atoms with Gasteiger partial charge in [-0.05, 0) is 86.8 Å². The van der Waals surface area contributed by atoms with Crippen LogP contribution in [0.3, 0.4) is 0 Å². The van der Waals surface area contributed by atoms with Crippen LogP contribution in [-0.4, -0.2) is 13.7 Å². The van der Waals surface area contributed by atoms with E-state index in [4.69, 9.17) is 9.47 Å². The molecular formula is C29H28Br2N2O2S2. The van der Waals surface area contributed by atoms with E-state index in [0.29, 0.717) is 29.3 Å². The first-order chi connectivity index (χ1) is 18.0. The summed E-state index contributed by atoms with van der Waals surface area (Å²) in [7, 11) is 1.60. The quantitative estimate of drug-likeness (QED) is 0.135. The minimum absolute atomic E-state index is 0.542. The molecule has 4 nitrogen and oxygen atoms in total. The highest BCUT2D eigenvalue weighted by molar-refractivity contribution is 9.11. The number of nitriles is 2. The minimum atomic E-state index is 0.542. The van der Waals surface area contributed by atoms with Gasteiger partial charge in [0.25, 0.3) is 0 Å². The van der Waals surface area contributed by atoms with Crippen molar-refractivity contribution in [1.82, 2.24) is 0 Å². The number of hydrogen-bond donors (Lipinski definition) is 0. The Hall–Kier alpha value is -2.36. The summed E-state index contributed by atoms with van der Waals surface area (Å²) < 4.78 is 13.9. The van der Waals surface area contributed by atoms with Crippen molar-refractivity contribution in [3.05, 3.63) is 64.9 Å². The van der Waals surface area contributed by atoms with Crippen molar-refractivity contribution < 1.29 is 9.47 Å². The third-order valence-corrected chi connectivity index (χ3v) is 8.95. The fraction of sp³-hybridized carbons (Fsp3) is 0.310. The first kappa shape index (κ1) is 29.2. The molecule has 192 valence electrons. The molecule has 0 unspecified atom stereocenters. The van der Waals surface area contributed by atoms with Crippen molar-refractivity contribution in [3.63, 3.8) is 0 Å². The Morgan fingerprint density at radius 2 is 1.32 bits per heavy atom. The molecule has 2 aromatic heterocycles. The van der Waals surface area contributed by atoms with E-state index in [2.05, 4.69) is 50.9 Å². The van der Waals surface area contributed by atoms with Gasteiger partial charge >= 0.3 is 0 Å². The number of thiophene rings is 2. The number of allylic oxidation sites excluding steroid dienone is 2. The summed E-state index contributed by atoms with van der Waals surface area (Å²) in [4.78, 5) is 1.74. The third kappa shape index (κ3) is 8.58. The zero-order valence-electron chi connectivity index (χ0n) is 20.9. The number of ether oxygens (including phenoxy) is 2. The number of hydrogen-bond acceptors (Lipinski definition) is 6. The molecule has 1 aromatic carbocycles. The fourth-order valence-electron chi connectivity index (χ4n) is 3.73. The molecule has 0 spiro atoms. The molecule has 0 saturated heterocycles. The lowest BCUT2D eigenvalue weighted by atomic mass is 10.0. The highest BCUT2D eigenvalue weighted by atomic mass is 79.9. The molecular weight excluding hydrogens is 632 g/mol. The Labute approximate surface area is 244 Å². The van der Waals surface area contributed by atoms with Gasteiger partial charge in [-0.1, -0.05) is 39.0 Å². The Bertz CT molecular complexity index is 1340. The number of unbranched alkanes of at least 4 members (excludes halogenated alkanes) is 5. The topological polar surface area (TPSA) is 66.0 Å². The van der Waals surface area contributed by atoms with E-state index in [1.807, 2.05) is 48.6 Å².